The number of halogens is 1. The zero-order chi connectivity index (χ0) is 18.8. The lowest BCUT2D eigenvalue weighted by molar-refractivity contribution is 0.102. The van der Waals surface area contributed by atoms with Crippen molar-refractivity contribution in [3.05, 3.63) is 33.8 Å². The summed E-state index contributed by atoms with van der Waals surface area (Å²) in [6.45, 7) is 4.14. The second-order valence-corrected chi connectivity index (χ2v) is 9.58. The Balaban J connectivity index is 2.24. The fourth-order valence-electron chi connectivity index (χ4n) is 1.94. The number of anilines is 1. The molecule has 0 unspecified atom stereocenters. The third kappa shape index (κ3) is 4.75. The van der Waals surface area contributed by atoms with Crippen molar-refractivity contribution in [1.82, 2.24) is 14.5 Å². The van der Waals surface area contributed by atoms with Crippen LogP contribution in [-0.2, 0) is 16.4 Å². The van der Waals surface area contributed by atoms with Gasteiger partial charge in [0, 0.05) is 26.1 Å². The van der Waals surface area contributed by atoms with Crippen molar-refractivity contribution in [2.75, 3.05) is 19.4 Å². The van der Waals surface area contributed by atoms with Crippen LogP contribution in [-0.4, -0.2) is 42.9 Å². The number of benzene rings is 1. The van der Waals surface area contributed by atoms with Gasteiger partial charge >= 0.3 is 0 Å². The monoisotopic (exact) mass is 402 g/mol. The molecule has 2 aromatic rings. The summed E-state index contributed by atoms with van der Waals surface area (Å²) in [5.74, 6) is -0.0364. The molecular formula is C15H19ClN4O3S2. The Bertz CT molecular complexity index is 879. The number of nitrogens with zero attached hydrogens (tertiary/aromatic N) is 3. The lowest BCUT2D eigenvalue weighted by Gasteiger charge is -2.13. The topological polar surface area (TPSA) is 92.3 Å². The van der Waals surface area contributed by atoms with Crippen molar-refractivity contribution in [1.29, 1.82) is 0 Å². The molecule has 0 fully saturated rings. The maximum Gasteiger partial charge on any atom is 0.257 e. The van der Waals surface area contributed by atoms with E-state index in [1.165, 1.54) is 43.6 Å². The normalized spacial score (nSPS) is 12.0. The third-order valence-corrected chi connectivity index (χ3v) is 6.38. The van der Waals surface area contributed by atoms with Crippen LogP contribution in [0.3, 0.4) is 0 Å². The van der Waals surface area contributed by atoms with Crippen LogP contribution < -0.4 is 5.32 Å². The Kier molecular flexibility index (Phi) is 6.15. The molecule has 1 heterocycles. The summed E-state index contributed by atoms with van der Waals surface area (Å²) in [6.07, 6.45) is 0.777. The van der Waals surface area contributed by atoms with Crippen LogP contribution >= 0.6 is 22.9 Å². The van der Waals surface area contributed by atoms with Gasteiger partial charge in [0.15, 0.2) is 0 Å². The highest BCUT2D eigenvalue weighted by Crippen LogP contribution is 2.25. The number of amides is 1. The number of sulfonamides is 1. The molecule has 10 heteroatoms. The number of hydrogen-bond acceptors (Lipinski definition) is 6. The van der Waals surface area contributed by atoms with E-state index in [2.05, 4.69) is 29.4 Å². The molecule has 1 aromatic heterocycles. The van der Waals surface area contributed by atoms with E-state index in [4.69, 9.17) is 11.6 Å². The molecule has 0 aliphatic heterocycles. The van der Waals surface area contributed by atoms with Crippen molar-refractivity contribution in [3.8, 4) is 0 Å². The molecule has 7 nitrogen and oxygen atoms in total. The van der Waals surface area contributed by atoms with Crippen LogP contribution in [0.1, 0.15) is 29.2 Å². The summed E-state index contributed by atoms with van der Waals surface area (Å²) in [5.41, 5.74) is 0.172. The largest absolute Gasteiger partial charge is 0.296 e. The Morgan fingerprint density at radius 1 is 1.32 bits per heavy atom. The molecule has 0 bridgehead atoms. The molecule has 0 atom stereocenters. The summed E-state index contributed by atoms with van der Waals surface area (Å²) >= 11 is 7.28. The zero-order valence-electron chi connectivity index (χ0n) is 14.3. The quantitative estimate of drug-likeness (QED) is 0.801. The van der Waals surface area contributed by atoms with E-state index >= 15 is 0 Å². The molecule has 0 spiro atoms. The zero-order valence-corrected chi connectivity index (χ0v) is 16.7. The van der Waals surface area contributed by atoms with Crippen LogP contribution in [0.15, 0.2) is 23.1 Å². The molecule has 25 heavy (non-hydrogen) atoms. The summed E-state index contributed by atoms with van der Waals surface area (Å²) < 4.78 is 25.6. The van der Waals surface area contributed by atoms with Gasteiger partial charge in [0.25, 0.3) is 5.91 Å². The second-order valence-electron chi connectivity index (χ2n) is 5.99. The molecule has 1 N–H and O–H groups in total. The highest BCUT2D eigenvalue weighted by atomic mass is 35.5. The van der Waals surface area contributed by atoms with Crippen LogP contribution in [0.5, 0.6) is 0 Å². The first-order valence-corrected chi connectivity index (χ1v) is 10.1. The van der Waals surface area contributed by atoms with Gasteiger partial charge in [-0.2, -0.15) is 0 Å². The Hall–Kier alpha value is -1.55. The molecule has 0 saturated carbocycles. The minimum absolute atomic E-state index is 0.0559. The van der Waals surface area contributed by atoms with Gasteiger partial charge in [0.1, 0.15) is 9.90 Å². The fraction of sp³-hybridized carbons (Fsp3) is 0.400. The number of carbonyl (C=O) groups excluding carboxylic acids is 1. The Morgan fingerprint density at radius 3 is 2.60 bits per heavy atom. The Labute approximate surface area is 156 Å². The molecule has 1 amide bonds. The maximum absolute atomic E-state index is 12.4. The fourth-order valence-corrected chi connectivity index (χ4v) is 4.28. The van der Waals surface area contributed by atoms with Crippen molar-refractivity contribution in [2.24, 2.45) is 5.92 Å². The first-order chi connectivity index (χ1) is 11.6. The molecular weight excluding hydrogens is 384 g/mol. The SMILES string of the molecule is CC(C)Cc1nnc(NC(=O)c2ccc(Cl)c(S(=O)(=O)N(C)C)c2)s1. The number of hydrogen-bond donors (Lipinski definition) is 1. The number of carbonyl (C=O) groups is 1. The highest BCUT2D eigenvalue weighted by Gasteiger charge is 2.22. The van der Waals surface area contributed by atoms with Gasteiger partial charge in [0.05, 0.1) is 5.02 Å². The first kappa shape index (κ1) is 19.8. The lowest BCUT2D eigenvalue weighted by atomic mass is 10.1. The second kappa shape index (κ2) is 7.77. The van der Waals surface area contributed by atoms with Gasteiger partial charge in [-0.15, -0.1) is 10.2 Å². The van der Waals surface area contributed by atoms with Crippen molar-refractivity contribution in [3.63, 3.8) is 0 Å². The first-order valence-electron chi connectivity index (χ1n) is 7.47. The van der Waals surface area contributed by atoms with Crippen LogP contribution in [0.4, 0.5) is 5.13 Å². The molecule has 0 aliphatic carbocycles. The minimum atomic E-state index is -3.75. The standard InChI is InChI=1S/C15H19ClN4O3S2/c1-9(2)7-13-18-19-15(24-13)17-14(21)10-5-6-11(16)12(8-10)25(22,23)20(3)4/h5-6,8-9H,7H2,1-4H3,(H,17,19,21). The van der Waals surface area contributed by atoms with E-state index in [0.29, 0.717) is 11.0 Å². The van der Waals surface area contributed by atoms with E-state index in [1.54, 1.807) is 0 Å². The van der Waals surface area contributed by atoms with Crippen molar-refractivity contribution >= 4 is 44.0 Å². The average molecular weight is 403 g/mol. The molecule has 0 saturated heterocycles. The molecule has 2 rings (SSSR count). The third-order valence-electron chi connectivity index (χ3n) is 3.22. The van der Waals surface area contributed by atoms with E-state index in [0.717, 1.165) is 15.7 Å². The number of aromatic nitrogens is 2. The van der Waals surface area contributed by atoms with Gasteiger partial charge in [-0.25, -0.2) is 12.7 Å². The highest BCUT2D eigenvalue weighted by molar-refractivity contribution is 7.89. The van der Waals surface area contributed by atoms with E-state index in [9.17, 15) is 13.2 Å². The van der Waals surface area contributed by atoms with Crippen LogP contribution in [0.2, 0.25) is 5.02 Å². The average Bonchev–Trinajstić information content (AvgIpc) is 2.93. The van der Waals surface area contributed by atoms with E-state index < -0.39 is 15.9 Å². The smallest absolute Gasteiger partial charge is 0.257 e. The van der Waals surface area contributed by atoms with Crippen LogP contribution in [0, 0.1) is 5.92 Å². The molecule has 1 aromatic carbocycles. The summed E-state index contributed by atoms with van der Waals surface area (Å²) in [7, 11) is -0.952. The predicted molar refractivity (Wildman–Crippen MR) is 98.7 cm³/mol. The van der Waals surface area contributed by atoms with Gasteiger partial charge in [-0.05, 0) is 24.1 Å². The minimum Gasteiger partial charge on any atom is -0.296 e. The molecule has 0 aliphatic rings. The summed E-state index contributed by atoms with van der Waals surface area (Å²) in [4.78, 5) is 12.3. The lowest BCUT2D eigenvalue weighted by Crippen LogP contribution is -2.23. The maximum atomic E-state index is 12.4. The summed E-state index contributed by atoms with van der Waals surface area (Å²) in [5, 5.41) is 11.9. The van der Waals surface area contributed by atoms with Gasteiger partial charge < -0.3 is 0 Å². The molecule has 0 radical (unpaired) electrons. The van der Waals surface area contributed by atoms with Crippen molar-refractivity contribution < 1.29 is 13.2 Å². The van der Waals surface area contributed by atoms with Crippen LogP contribution in [0.25, 0.3) is 0 Å². The van der Waals surface area contributed by atoms with Gasteiger partial charge in [-0.1, -0.05) is 36.8 Å². The predicted octanol–water partition coefficient (Wildman–Crippen LogP) is 2.89. The summed E-state index contributed by atoms with van der Waals surface area (Å²) in [6, 6.07) is 4.10. The van der Waals surface area contributed by atoms with Gasteiger partial charge in [0.2, 0.25) is 15.2 Å². The number of rotatable bonds is 6. The number of nitrogens with one attached hydrogen (secondary N) is 1. The van der Waals surface area contributed by atoms with E-state index in [1.807, 2.05) is 0 Å². The van der Waals surface area contributed by atoms with Crippen molar-refractivity contribution in [2.45, 2.75) is 25.2 Å². The van der Waals surface area contributed by atoms with Gasteiger partial charge in [-0.3, -0.25) is 10.1 Å². The van der Waals surface area contributed by atoms with E-state index in [-0.39, 0.29) is 15.5 Å². The molecule has 136 valence electrons. The Morgan fingerprint density at radius 2 is 2.00 bits per heavy atom.